The van der Waals surface area contributed by atoms with Crippen molar-refractivity contribution in [1.29, 1.82) is 0 Å². The Morgan fingerprint density at radius 3 is 2.79 bits per heavy atom. The van der Waals surface area contributed by atoms with Crippen molar-refractivity contribution in [3.05, 3.63) is 46.5 Å². The van der Waals surface area contributed by atoms with Crippen molar-refractivity contribution in [3.8, 4) is 0 Å². The van der Waals surface area contributed by atoms with Gasteiger partial charge in [-0.1, -0.05) is 6.92 Å². The second kappa shape index (κ2) is 6.79. The van der Waals surface area contributed by atoms with E-state index in [9.17, 15) is 0 Å². The molecule has 0 aliphatic rings. The number of nitrogens with two attached hydrogens (primary N) is 1. The highest BCUT2D eigenvalue weighted by Crippen LogP contribution is 2.25. The number of pyridine rings is 1. The molecule has 0 aliphatic heterocycles. The van der Waals surface area contributed by atoms with Crippen molar-refractivity contribution in [2.24, 2.45) is 5.84 Å². The van der Waals surface area contributed by atoms with Gasteiger partial charge in [-0.05, 0) is 46.5 Å². The number of aryl methyl sites for hydroxylation is 1. The van der Waals surface area contributed by atoms with E-state index in [0.29, 0.717) is 0 Å². The fraction of sp³-hybridized carbons (Fsp3) is 0.385. The molecule has 0 aliphatic carbocycles. The first kappa shape index (κ1) is 14.2. The number of nitrogens with zero attached hydrogens (tertiary/aromatic N) is 3. The summed E-state index contributed by atoms with van der Waals surface area (Å²) in [5.74, 6) is 5.72. The summed E-state index contributed by atoms with van der Waals surface area (Å²) in [6.07, 6.45) is 7.24. The Morgan fingerprint density at radius 1 is 1.42 bits per heavy atom. The minimum absolute atomic E-state index is 0.0193. The summed E-state index contributed by atoms with van der Waals surface area (Å²) in [6.45, 7) is 3.02. The van der Waals surface area contributed by atoms with Gasteiger partial charge in [0, 0.05) is 18.9 Å². The van der Waals surface area contributed by atoms with Crippen LogP contribution < -0.4 is 11.3 Å². The van der Waals surface area contributed by atoms with Crippen molar-refractivity contribution >= 4 is 15.9 Å². The van der Waals surface area contributed by atoms with E-state index in [1.54, 1.807) is 12.4 Å². The van der Waals surface area contributed by atoms with Gasteiger partial charge in [-0.2, -0.15) is 5.10 Å². The third-order valence-electron chi connectivity index (χ3n) is 2.99. The maximum Gasteiger partial charge on any atom is 0.0712 e. The molecule has 102 valence electrons. The quantitative estimate of drug-likeness (QED) is 0.631. The Bertz CT molecular complexity index is 511. The molecule has 3 N–H and O–H groups in total. The molecule has 19 heavy (non-hydrogen) atoms. The third kappa shape index (κ3) is 3.40. The van der Waals surface area contributed by atoms with Crippen LogP contribution in [-0.4, -0.2) is 14.8 Å². The number of nitrogens with one attached hydrogen (secondary N) is 1. The van der Waals surface area contributed by atoms with Crippen LogP contribution in [0.5, 0.6) is 0 Å². The van der Waals surface area contributed by atoms with E-state index in [1.807, 2.05) is 23.0 Å². The van der Waals surface area contributed by atoms with E-state index in [1.165, 1.54) is 5.56 Å². The zero-order valence-corrected chi connectivity index (χ0v) is 12.5. The van der Waals surface area contributed by atoms with Gasteiger partial charge in [-0.25, -0.2) is 0 Å². The normalized spacial score (nSPS) is 12.6. The van der Waals surface area contributed by atoms with E-state index >= 15 is 0 Å². The van der Waals surface area contributed by atoms with Crippen LogP contribution in [0.1, 0.15) is 30.6 Å². The Labute approximate surface area is 121 Å². The van der Waals surface area contributed by atoms with Crippen molar-refractivity contribution < 1.29 is 0 Å². The Balaban J connectivity index is 2.24. The molecule has 0 aromatic carbocycles. The summed E-state index contributed by atoms with van der Waals surface area (Å²) in [7, 11) is 0. The van der Waals surface area contributed by atoms with Crippen LogP contribution in [0.15, 0.2) is 35.2 Å². The van der Waals surface area contributed by atoms with Crippen LogP contribution in [0.3, 0.4) is 0 Å². The Hall–Kier alpha value is -1.24. The fourth-order valence-electron chi connectivity index (χ4n) is 2.10. The zero-order valence-electron chi connectivity index (χ0n) is 10.9. The number of aromatic nitrogens is 3. The Kier molecular flexibility index (Phi) is 5.07. The van der Waals surface area contributed by atoms with Crippen LogP contribution in [0.25, 0.3) is 0 Å². The van der Waals surface area contributed by atoms with Gasteiger partial charge < -0.3 is 0 Å². The van der Waals surface area contributed by atoms with Crippen molar-refractivity contribution in [3.63, 3.8) is 0 Å². The molecular formula is C13H18BrN5. The summed E-state index contributed by atoms with van der Waals surface area (Å²) in [6, 6.07) is 4.02. The van der Waals surface area contributed by atoms with Crippen LogP contribution in [0.2, 0.25) is 0 Å². The average Bonchev–Trinajstić information content (AvgIpc) is 2.79. The maximum absolute atomic E-state index is 5.72. The van der Waals surface area contributed by atoms with Crippen LogP contribution >= 0.6 is 15.9 Å². The molecule has 1 atom stereocenters. The minimum atomic E-state index is 0.0193. The third-order valence-corrected chi connectivity index (χ3v) is 3.60. The lowest BCUT2D eigenvalue weighted by molar-refractivity contribution is 0.476. The smallest absolute Gasteiger partial charge is 0.0712 e. The SMILES string of the molecule is CCCn1ncc(Br)c1C(Cc1ccncc1)NN. The van der Waals surface area contributed by atoms with Crippen molar-refractivity contribution in [2.75, 3.05) is 0 Å². The first-order chi connectivity index (χ1) is 9.26. The maximum atomic E-state index is 5.72. The summed E-state index contributed by atoms with van der Waals surface area (Å²) < 4.78 is 2.98. The van der Waals surface area contributed by atoms with E-state index in [-0.39, 0.29) is 6.04 Å². The average molecular weight is 324 g/mol. The van der Waals surface area contributed by atoms with Gasteiger partial charge in [0.25, 0.3) is 0 Å². The molecule has 2 heterocycles. The second-order valence-corrected chi connectivity index (χ2v) is 5.23. The Morgan fingerprint density at radius 2 is 2.16 bits per heavy atom. The largest absolute Gasteiger partial charge is 0.271 e. The molecule has 0 spiro atoms. The van der Waals surface area contributed by atoms with Gasteiger partial charge in [0.1, 0.15) is 0 Å². The molecule has 2 aromatic rings. The topological polar surface area (TPSA) is 68.8 Å². The molecule has 0 saturated carbocycles. The highest BCUT2D eigenvalue weighted by atomic mass is 79.9. The summed E-state index contributed by atoms with van der Waals surface area (Å²) >= 11 is 3.55. The zero-order chi connectivity index (χ0) is 13.7. The van der Waals surface area contributed by atoms with Gasteiger partial charge in [-0.15, -0.1) is 0 Å². The predicted octanol–water partition coefficient (Wildman–Crippen LogP) is 2.20. The molecular weight excluding hydrogens is 306 g/mol. The van der Waals surface area contributed by atoms with Gasteiger partial charge in [0.05, 0.1) is 22.4 Å². The van der Waals surface area contributed by atoms with Crippen molar-refractivity contribution in [1.82, 2.24) is 20.2 Å². The lowest BCUT2D eigenvalue weighted by Gasteiger charge is -2.18. The van der Waals surface area contributed by atoms with E-state index < -0.39 is 0 Å². The molecule has 1 unspecified atom stereocenters. The molecule has 0 amide bonds. The van der Waals surface area contributed by atoms with Gasteiger partial charge in [-0.3, -0.25) is 20.9 Å². The summed E-state index contributed by atoms with van der Waals surface area (Å²) in [5.41, 5.74) is 5.15. The standard InChI is InChI=1S/C13H18BrN5/c1-2-7-19-13(11(14)9-17-19)12(18-15)8-10-3-5-16-6-4-10/h3-6,9,12,18H,2,7-8,15H2,1H3. The highest BCUT2D eigenvalue weighted by Gasteiger charge is 2.19. The molecule has 0 saturated heterocycles. The summed E-state index contributed by atoms with van der Waals surface area (Å²) in [5, 5.41) is 4.38. The number of hydrogen-bond acceptors (Lipinski definition) is 4. The van der Waals surface area contributed by atoms with Crippen LogP contribution in [0.4, 0.5) is 0 Å². The predicted molar refractivity (Wildman–Crippen MR) is 78.2 cm³/mol. The molecule has 6 heteroatoms. The number of hydrazine groups is 1. The molecule has 2 rings (SSSR count). The lowest BCUT2D eigenvalue weighted by Crippen LogP contribution is -2.31. The van der Waals surface area contributed by atoms with Crippen LogP contribution in [-0.2, 0) is 13.0 Å². The van der Waals surface area contributed by atoms with Crippen molar-refractivity contribution in [2.45, 2.75) is 32.4 Å². The van der Waals surface area contributed by atoms with Gasteiger partial charge >= 0.3 is 0 Å². The first-order valence-corrected chi connectivity index (χ1v) is 7.11. The molecule has 0 radical (unpaired) electrons. The minimum Gasteiger partial charge on any atom is -0.271 e. The van der Waals surface area contributed by atoms with Gasteiger partial charge in [0.2, 0.25) is 0 Å². The summed E-state index contributed by atoms with van der Waals surface area (Å²) in [4.78, 5) is 4.03. The second-order valence-electron chi connectivity index (χ2n) is 4.38. The van der Waals surface area contributed by atoms with E-state index in [4.69, 9.17) is 5.84 Å². The highest BCUT2D eigenvalue weighted by molar-refractivity contribution is 9.10. The monoisotopic (exact) mass is 323 g/mol. The molecule has 0 bridgehead atoms. The lowest BCUT2D eigenvalue weighted by atomic mass is 10.0. The number of halogens is 1. The van der Waals surface area contributed by atoms with E-state index in [2.05, 4.69) is 38.4 Å². The fourth-order valence-corrected chi connectivity index (χ4v) is 2.67. The number of rotatable bonds is 6. The molecule has 5 nitrogen and oxygen atoms in total. The first-order valence-electron chi connectivity index (χ1n) is 6.32. The molecule has 0 fully saturated rings. The number of hydrogen-bond donors (Lipinski definition) is 2. The van der Waals surface area contributed by atoms with Gasteiger partial charge in [0.15, 0.2) is 0 Å². The molecule has 2 aromatic heterocycles. The van der Waals surface area contributed by atoms with Crippen LogP contribution in [0, 0.1) is 0 Å². The van der Waals surface area contributed by atoms with E-state index in [0.717, 1.165) is 29.6 Å².